The van der Waals surface area contributed by atoms with Gasteiger partial charge in [-0.1, -0.05) is 17.7 Å². The van der Waals surface area contributed by atoms with Gasteiger partial charge in [0.1, 0.15) is 5.75 Å². The van der Waals surface area contributed by atoms with Gasteiger partial charge in [-0.05, 0) is 18.2 Å². The lowest BCUT2D eigenvalue weighted by molar-refractivity contribution is 0.413. The Balaban J connectivity index is 2.35. The van der Waals surface area contributed by atoms with Crippen LogP contribution in [0.3, 0.4) is 0 Å². The Morgan fingerprint density at radius 2 is 2.11 bits per heavy atom. The third-order valence-electron chi connectivity index (χ3n) is 2.36. The molecule has 0 aliphatic heterocycles. The molecule has 1 N–H and O–H groups in total. The number of hydrogen-bond donors (Lipinski definition) is 1. The van der Waals surface area contributed by atoms with Crippen molar-refractivity contribution in [1.82, 2.24) is 4.98 Å². The number of anilines is 1. The van der Waals surface area contributed by atoms with Gasteiger partial charge in [0.05, 0.1) is 28.9 Å². The molecule has 7 heteroatoms. The highest BCUT2D eigenvalue weighted by molar-refractivity contribution is 7.92. The van der Waals surface area contributed by atoms with Crippen molar-refractivity contribution >= 4 is 27.3 Å². The van der Waals surface area contributed by atoms with E-state index in [1.165, 1.54) is 37.7 Å². The van der Waals surface area contributed by atoms with Crippen LogP contribution < -0.4 is 9.46 Å². The number of halogens is 1. The highest BCUT2D eigenvalue weighted by Gasteiger charge is 2.16. The normalized spacial score (nSPS) is 11.1. The molecule has 0 bridgehead atoms. The number of hydrogen-bond acceptors (Lipinski definition) is 4. The average Bonchev–Trinajstić information content (AvgIpc) is 2.41. The maximum Gasteiger partial charge on any atom is 0.262 e. The first-order chi connectivity index (χ1) is 9.03. The fraction of sp³-hybridized carbons (Fsp3) is 0.0833. The van der Waals surface area contributed by atoms with Gasteiger partial charge >= 0.3 is 0 Å². The van der Waals surface area contributed by atoms with Crippen molar-refractivity contribution in [2.24, 2.45) is 0 Å². The first kappa shape index (κ1) is 13.6. The van der Waals surface area contributed by atoms with E-state index in [1.807, 2.05) is 0 Å². The predicted molar refractivity (Wildman–Crippen MR) is 73.0 cm³/mol. The molecule has 19 heavy (non-hydrogen) atoms. The molecule has 0 aliphatic carbocycles. The lowest BCUT2D eigenvalue weighted by atomic mass is 10.3. The van der Waals surface area contributed by atoms with Gasteiger partial charge in [-0.2, -0.15) is 0 Å². The van der Waals surface area contributed by atoms with Crippen LogP contribution in [0.15, 0.2) is 47.6 Å². The average molecular weight is 299 g/mol. The third-order valence-corrected chi connectivity index (χ3v) is 4.06. The monoisotopic (exact) mass is 298 g/mol. The second kappa shape index (κ2) is 5.46. The Kier molecular flexibility index (Phi) is 3.92. The summed E-state index contributed by atoms with van der Waals surface area (Å²) in [6, 6.07) is 7.65. The summed E-state index contributed by atoms with van der Waals surface area (Å²) in [5, 5.41) is 0.279. The van der Waals surface area contributed by atoms with Crippen LogP contribution in [0.25, 0.3) is 0 Å². The largest absolute Gasteiger partial charge is 0.497 e. The number of methoxy groups -OCH3 is 1. The Hall–Kier alpha value is -1.79. The van der Waals surface area contributed by atoms with Crippen molar-refractivity contribution in [2.75, 3.05) is 11.8 Å². The second-order valence-corrected chi connectivity index (χ2v) is 5.73. The quantitative estimate of drug-likeness (QED) is 0.942. The van der Waals surface area contributed by atoms with E-state index in [4.69, 9.17) is 16.3 Å². The fourth-order valence-electron chi connectivity index (χ4n) is 1.42. The molecule has 0 saturated carbocycles. The van der Waals surface area contributed by atoms with Gasteiger partial charge in [-0.15, -0.1) is 0 Å². The topological polar surface area (TPSA) is 68.3 Å². The predicted octanol–water partition coefficient (Wildman–Crippen LogP) is 2.54. The van der Waals surface area contributed by atoms with Gasteiger partial charge in [0.2, 0.25) is 0 Å². The number of rotatable bonds is 4. The smallest absolute Gasteiger partial charge is 0.262 e. The van der Waals surface area contributed by atoms with E-state index in [0.717, 1.165) is 0 Å². The molecule has 0 atom stereocenters. The van der Waals surface area contributed by atoms with Crippen LogP contribution in [-0.4, -0.2) is 20.5 Å². The molecule has 100 valence electrons. The van der Waals surface area contributed by atoms with Gasteiger partial charge in [-0.3, -0.25) is 9.71 Å². The van der Waals surface area contributed by atoms with Gasteiger partial charge in [-0.25, -0.2) is 8.42 Å². The fourth-order valence-corrected chi connectivity index (χ4v) is 2.73. The Bertz CT molecular complexity index is 689. The molecule has 1 aromatic carbocycles. The van der Waals surface area contributed by atoms with E-state index >= 15 is 0 Å². The summed E-state index contributed by atoms with van der Waals surface area (Å²) in [6.45, 7) is 0. The van der Waals surface area contributed by atoms with Gasteiger partial charge < -0.3 is 4.74 Å². The van der Waals surface area contributed by atoms with E-state index in [2.05, 4.69) is 9.71 Å². The van der Waals surface area contributed by atoms with Crippen LogP contribution in [-0.2, 0) is 10.0 Å². The Morgan fingerprint density at radius 3 is 2.79 bits per heavy atom. The Morgan fingerprint density at radius 1 is 1.32 bits per heavy atom. The zero-order valence-corrected chi connectivity index (χ0v) is 11.6. The van der Waals surface area contributed by atoms with E-state index in [1.54, 1.807) is 12.1 Å². The molecule has 2 aromatic rings. The van der Waals surface area contributed by atoms with Crippen LogP contribution in [0.4, 0.5) is 5.69 Å². The number of pyridine rings is 1. The van der Waals surface area contributed by atoms with Crippen LogP contribution in [0.1, 0.15) is 0 Å². The molecule has 1 aromatic heterocycles. The highest BCUT2D eigenvalue weighted by atomic mass is 35.5. The molecule has 0 fully saturated rings. The zero-order valence-electron chi connectivity index (χ0n) is 10.00. The molecule has 1 heterocycles. The number of sulfonamides is 1. The molecule has 0 radical (unpaired) electrons. The van der Waals surface area contributed by atoms with Crippen LogP contribution in [0, 0.1) is 0 Å². The van der Waals surface area contributed by atoms with Gasteiger partial charge in [0.15, 0.2) is 0 Å². The van der Waals surface area contributed by atoms with Crippen LogP contribution in [0.5, 0.6) is 5.75 Å². The summed E-state index contributed by atoms with van der Waals surface area (Å²) in [7, 11) is -2.25. The van der Waals surface area contributed by atoms with Crippen molar-refractivity contribution in [3.63, 3.8) is 0 Å². The van der Waals surface area contributed by atoms with E-state index in [-0.39, 0.29) is 15.6 Å². The van der Waals surface area contributed by atoms with Crippen molar-refractivity contribution < 1.29 is 13.2 Å². The summed E-state index contributed by atoms with van der Waals surface area (Å²) < 4.78 is 31.7. The van der Waals surface area contributed by atoms with Crippen LogP contribution >= 0.6 is 11.6 Å². The van der Waals surface area contributed by atoms with E-state index in [0.29, 0.717) is 5.75 Å². The third kappa shape index (κ3) is 3.15. The molecule has 0 saturated heterocycles. The van der Waals surface area contributed by atoms with Gasteiger partial charge in [0.25, 0.3) is 10.0 Å². The molecular formula is C12H11ClN2O3S. The molecular weight excluding hydrogens is 288 g/mol. The van der Waals surface area contributed by atoms with Gasteiger partial charge in [0, 0.05) is 12.3 Å². The Labute approximate surface area is 116 Å². The molecule has 0 unspecified atom stereocenters. The minimum Gasteiger partial charge on any atom is -0.497 e. The summed E-state index contributed by atoms with van der Waals surface area (Å²) in [4.78, 5) is 3.91. The first-order valence-electron chi connectivity index (χ1n) is 5.29. The van der Waals surface area contributed by atoms with E-state index in [9.17, 15) is 8.42 Å². The van der Waals surface area contributed by atoms with Crippen LogP contribution in [0.2, 0.25) is 5.02 Å². The van der Waals surface area contributed by atoms with Crippen molar-refractivity contribution in [1.29, 1.82) is 0 Å². The zero-order chi connectivity index (χ0) is 13.9. The molecule has 2 rings (SSSR count). The minimum atomic E-state index is -3.72. The number of aromatic nitrogens is 1. The lowest BCUT2D eigenvalue weighted by Crippen LogP contribution is -2.13. The summed E-state index contributed by atoms with van der Waals surface area (Å²) in [5.74, 6) is 0.458. The summed E-state index contributed by atoms with van der Waals surface area (Å²) >= 11 is 5.88. The number of nitrogens with zero attached hydrogens (tertiary/aromatic N) is 1. The van der Waals surface area contributed by atoms with Crippen molar-refractivity contribution in [3.8, 4) is 5.75 Å². The standard InChI is InChI=1S/C12H11ClN2O3S/c1-18-9-3-2-4-10(7-9)19(16,17)15-12-8-14-6-5-11(12)13/h2-8,15H,1H3. The molecule has 5 nitrogen and oxygen atoms in total. The SMILES string of the molecule is COc1cccc(S(=O)(=O)Nc2cnccc2Cl)c1. The first-order valence-corrected chi connectivity index (χ1v) is 7.15. The maximum absolute atomic E-state index is 12.2. The summed E-state index contributed by atoms with van der Waals surface area (Å²) in [5.41, 5.74) is 0.229. The maximum atomic E-state index is 12.2. The number of nitrogens with one attached hydrogen (secondary N) is 1. The number of benzene rings is 1. The lowest BCUT2D eigenvalue weighted by Gasteiger charge is -2.09. The molecule has 0 spiro atoms. The van der Waals surface area contributed by atoms with Crippen molar-refractivity contribution in [3.05, 3.63) is 47.7 Å². The number of ether oxygens (including phenoxy) is 1. The van der Waals surface area contributed by atoms with E-state index < -0.39 is 10.0 Å². The molecule has 0 aliphatic rings. The molecule has 0 amide bonds. The second-order valence-electron chi connectivity index (χ2n) is 3.64. The summed E-state index contributed by atoms with van der Waals surface area (Å²) in [6.07, 6.45) is 2.83. The highest BCUT2D eigenvalue weighted by Crippen LogP contribution is 2.24. The minimum absolute atomic E-state index is 0.0896. The van der Waals surface area contributed by atoms with Crippen molar-refractivity contribution in [2.45, 2.75) is 4.90 Å².